The second-order valence-corrected chi connectivity index (χ2v) is 6.28. The second kappa shape index (κ2) is 10.3. The average molecular weight is 378 g/mol. The van der Waals surface area contributed by atoms with Crippen LogP contribution in [-0.4, -0.2) is 18.7 Å². The highest BCUT2D eigenvalue weighted by Crippen LogP contribution is 2.29. The van der Waals surface area contributed by atoms with Gasteiger partial charge < -0.3 is 19.5 Å². The smallest absolute Gasteiger partial charge is 0.161 e. The van der Waals surface area contributed by atoms with E-state index < -0.39 is 0 Å². The summed E-state index contributed by atoms with van der Waals surface area (Å²) in [5, 5.41) is 3.47. The fourth-order valence-electron chi connectivity index (χ4n) is 2.88. The molecular formula is C23H26N2O3. The van der Waals surface area contributed by atoms with Crippen LogP contribution in [0.3, 0.4) is 0 Å². The third-order valence-corrected chi connectivity index (χ3v) is 4.26. The van der Waals surface area contributed by atoms with E-state index in [9.17, 15) is 0 Å². The lowest BCUT2D eigenvalue weighted by Gasteiger charge is -2.14. The lowest BCUT2D eigenvalue weighted by molar-refractivity contribution is 0.283. The minimum Gasteiger partial charge on any atom is -0.494 e. The van der Waals surface area contributed by atoms with Crippen LogP contribution in [-0.2, 0) is 19.7 Å². The molecule has 0 amide bonds. The molecule has 0 saturated carbocycles. The Hall–Kier alpha value is -3.05. The van der Waals surface area contributed by atoms with Gasteiger partial charge in [-0.3, -0.25) is 4.98 Å². The first-order chi connectivity index (χ1) is 13.8. The number of hydrogen-bond donors (Lipinski definition) is 1. The lowest BCUT2D eigenvalue weighted by Crippen LogP contribution is -2.14. The number of pyridine rings is 1. The Morgan fingerprint density at radius 1 is 0.857 bits per heavy atom. The first-order valence-electron chi connectivity index (χ1n) is 9.40. The van der Waals surface area contributed by atoms with Crippen molar-refractivity contribution in [3.8, 4) is 17.2 Å². The highest BCUT2D eigenvalue weighted by molar-refractivity contribution is 5.43. The topological polar surface area (TPSA) is 52.6 Å². The zero-order valence-corrected chi connectivity index (χ0v) is 16.4. The van der Waals surface area contributed by atoms with Crippen molar-refractivity contribution in [3.63, 3.8) is 0 Å². The summed E-state index contributed by atoms with van der Waals surface area (Å²) in [7, 11) is 1.65. The molecule has 5 heteroatoms. The fraction of sp³-hybridized carbons (Fsp3) is 0.261. The van der Waals surface area contributed by atoms with Gasteiger partial charge in [0, 0.05) is 36.6 Å². The van der Waals surface area contributed by atoms with Crippen molar-refractivity contribution < 1.29 is 14.2 Å². The summed E-state index contributed by atoms with van der Waals surface area (Å²) in [6, 6.07) is 18.0. The van der Waals surface area contributed by atoms with Gasteiger partial charge in [0.1, 0.15) is 12.4 Å². The summed E-state index contributed by atoms with van der Waals surface area (Å²) in [4.78, 5) is 4.12. The molecule has 146 valence electrons. The molecule has 0 fully saturated rings. The van der Waals surface area contributed by atoms with Crippen LogP contribution < -0.4 is 19.5 Å². The van der Waals surface area contributed by atoms with Gasteiger partial charge in [0.2, 0.25) is 0 Å². The zero-order chi connectivity index (χ0) is 19.6. The van der Waals surface area contributed by atoms with Crippen LogP contribution in [0.1, 0.15) is 23.6 Å². The number of nitrogens with one attached hydrogen (secondary N) is 1. The number of hydrogen-bond acceptors (Lipinski definition) is 5. The predicted molar refractivity (Wildman–Crippen MR) is 110 cm³/mol. The Morgan fingerprint density at radius 2 is 1.75 bits per heavy atom. The van der Waals surface area contributed by atoms with Crippen molar-refractivity contribution in [1.29, 1.82) is 0 Å². The van der Waals surface area contributed by atoms with Gasteiger partial charge in [0.15, 0.2) is 11.5 Å². The van der Waals surface area contributed by atoms with Crippen LogP contribution in [0, 0.1) is 0 Å². The number of benzene rings is 2. The minimum atomic E-state index is 0.447. The maximum atomic E-state index is 5.96. The van der Waals surface area contributed by atoms with Crippen molar-refractivity contribution in [2.24, 2.45) is 0 Å². The molecule has 0 spiro atoms. The van der Waals surface area contributed by atoms with Crippen LogP contribution in [0.5, 0.6) is 17.2 Å². The van der Waals surface area contributed by atoms with Gasteiger partial charge in [-0.15, -0.1) is 0 Å². The van der Waals surface area contributed by atoms with Crippen molar-refractivity contribution >= 4 is 0 Å². The van der Waals surface area contributed by atoms with E-state index in [0.29, 0.717) is 25.5 Å². The molecule has 0 aliphatic carbocycles. The van der Waals surface area contributed by atoms with Crippen molar-refractivity contribution in [2.75, 3.05) is 13.7 Å². The molecule has 1 N–H and O–H groups in total. The number of nitrogens with zero attached hydrogens (tertiary/aromatic N) is 1. The Bertz CT molecular complexity index is 869. The van der Waals surface area contributed by atoms with Gasteiger partial charge in [0.05, 0.1) is 13.7 Å². The molecule has 5 nitrogen and oxygen atoms in total. The Balaban J connectivity index is 1.61. The standard InChI is InChI=1S/C23H26N2O3/c1-3-27-21-9-5-4-8-20(21)16-25-14-18-10-11-22(26-2)23(13-18)28-17-19-7-6-12-24-15-19/h4-13,15,25H,3,14,16-17H2,1-2H3. The zero-order valence-electron chi connectivity index (χ0n) is 16.4. The van der Waals surface area contributed by atoms with Gasteiger partial charge in [-0.25, -0.2) is 0 Å². The summed E-state index contributed by atoms with van der Waals surface area (Å²) < 4.78 is 17.1. The third kappa shape index (κ3) is 5.47. The summed E-state index contributed by atoms with van der Waals surface area (Å²) in [6.45, 7) is 4.55. The number of rotatable bonds is 10. The fourth-order valence-corrected chi connectivity index (χ4v) is 2.88. The molecular weight excluding hydrogens is 352 g/mol. The van der Waals surface area contributed by atoms with E-state index in [1.54, 1.807) is 19.5 Å². The predicted octanol–water partition coefficient (Wildman–Crippen LogP) is 4.36. The molecule has 3 rings (SSSR count). The largest absolute Gasteiger partial charge is 0.494 e. The summed E-state index contributed by atoms with van der Waals surface area (Å²) in [5.74, 6) is 2.36. The first kappa shape index (κ1) is 19.7. The Kier molecular flexibility index (Phi) is 7.27. The maximum absolute atomic E-state index is 5.96. The maximum Gasteiger partial charge on any atom is 0.161 e. The van der Waals surface area contributed by atoms with E-state index in [0.717, 1.165) is 34.7 Å². The van der Waals surface area contributed by atoms with E-state index in [1.807, 2.05) is 55.5 Å². The van der Waals surface area contributed by atoms with E-state index in [1.165, 1.54) is 0 Å². The molecule has 1 heterocycles. The lowest BCUT2D eigenvalue weighted by atomic mass is 10.1. The van der Waals surface area contributed by atoms with Crippen LogP contribution in [0.2, 0.25) is 0 Å². The molecule has 28 heavy (non-hydrogen) atoms. The third-order valence-electron chi connectivity index (χ3n) is 4.26. The quantitative estimate of drug-likeness (QED) is 0.568. The van der Waals surface area contributed by atoms with E-state index in [4.69, 9.17) is 14.2 Å². The summed E-state index contributed by atoms with van der Waals surface area (Å²) >= 11 is 0. The molecule has 1 aromatic heterocycles. The van der Waals surface area contributed by atoms with Crippen LogP contribution in [0.4, 0.5) is 0 Å². The van der Waals surface area contributed by atoms with Gasteiger partial charge in [-0.1, -0.05) is 30.3 Å². The molecule has 0 aliphatic heterocycles. The van der Waals surface area contributed by atoms with Crippen LogP contribution in [0.15, 0.2) is 67.0 Å². The molecule has 0 aliphatic rings. The summed E-state index contributed by atoms with van der Waals surface area (Å²) in [5.41, 5.74) is 3.28. The molecule has 0 atom stereocenters. The van der Waals surface area contributed by atoms with E-state index in [-0.39, 0.29) is 0 Å². The number of para-hydroxylation sites is 1. The van der Waals surface area contributed by atoms with Gasteiger partial charge >= 0.3 is 0 Å². The molecule has 0 radical (unpaired) electrons. The Morgan fingerprint density at radius 3 is 2.54 bits per heavy atom. The minimum absolute atomic E-state index is 0.447. The van der Waals surface area contributed by atoms with Gasteiger partial charge in [0.25, 0.3) is 0 Å². The summed E-state index contributed by atoms with van der Waals surface area (Å²) in [6.07, 6.45) is 3.55. The molecule has 0 unspecified atom stereocenters. The Labute approximate surface area is 166 Å². The first-order valence-corrected chi connectivity index (χ1v) is 9.40. The second-order valence-electron chi connectivity index (χ2n) is 6.28. The number of methoxy groups -OCH3 is 1. The van der Waals surface area contributed by atoms with E-state index >= 15 is 0 Å². The molecule has 0 bridgehead atoms. The normalized spacial score (nSPS) is 10.5. The molecule has 2 aromatic carbocycles. The van der Waals surface area contributed by atoms with E-state index in [2.05, 4.69) is 16.4 Å². The highest BCUT2D eigenvalue weighted by Gasteiger charge is 2.07. The molecule has 3 aromatic rings. The highest BCUT2D eigenvalue weighted by atomic mass is 16.5. The molecule has 0 saturated heterocycles. The SMILES string of the molecule is CCOc1ccccc1CNCc1ccc(OC)c(OCc2cccnc2)c1. The van der Waals surface area contributed by atoms with Crippen LogP contribution >= 0.6 is 0 Å². The van der Waals surface area contributed by atoms with Gasteiger partial charge in [-0.05, 0) is 36.8 Å². The average Bonchev–Trinajstić information content (AvgIpc) is 2.74. The van der Waals surface area contributed by atoms with Crippen molar-refractivity contribution in [2.45, 2.75) is 26.6 Å². The van der Waals surface area contributed by atoms with Crippen molar-refractivity contribution in [1.82, 2.24) is 10.3 Å². The van der Waals surface area contributed by atoms with Crippen LogP contribution in [0.25, 0.3) is 0 Å². The monoisotopic (exact) mass is 378 g/mol. The number of aromatic nitrogens is 1. The number of ether oxygens (including phenoxy) is 3. The van der Waals surface area contributed by atoms with Gasteiger partial charge in [-0.2, -0.15) is 0 Å². The van der Waals surface area contributed by atoms with Crippen molar-refractivity contribution in [3.05, 3.63) is 83.7 Å².